The molecule has 0 bridgehead atoms. The average molecular weight is 342 g/mol. The Morgan fingerprint density at radius 3 is 2.70 bits per heavy atom. The molecule has 0 atom stereocenters. The third-order valence-electron chi connectivity index (χ3n) is 2.69. The number of carbonyl (C=O) groups is 1. The molecule has 0 fully saturated rings. The molecule has 0 spiro atoms. The number of ether oxygens (including phenoxy) is 1. The van der Waals surface area contributed by atoms with Gasteiger partial charge in [-0.2, -0.15) is 0 Å². The van der Waals surface area contributed by atoms with Crippen LogP contribution < -0.4 is 4.74 Å². The van der Waals surface area contributed by atoms with Gasteiger partial charge in [-0.3, -0.25) is 4.79 Å². The molecule has 0 radical (unpaired) electrons. The molecule has 1 aromatic rings. The highest BCUT2D eigenvalue weighted by Crippen LogP contribution is 2.16. The summed E-state index contributed by atoms with van der Waals surface area (Å²) in [5.74, 6) is 0.803. The van der Waals surface area contributed by atoms with Crippen molar-refractivity contribution in [3.8, 4) is 5.75 Å². The zero-order valence-electron chi connectivity index (χ0n) is 11.4. The highest BCUT2D eigenvalue weighted by Gasteiger charge is 2.10. The zero-order valence-corrected chi connectivity index (χ0v) is 13.0. The number of hydrogen-bond acceptors (Lipinski definition) is 3. The van der Waals surface area contributed by atoms with E-state index >= 15 is 0 Å². The van der Waals surface area contributed by atoms with Gasteiger partial charge in [-0.15, -0.1) is 6.58 Å². The van der Waals surface area contributed by atoms with E-state index in [0.29, 0.717) is 32.5 Å². The highest BCUT2D eigenvalue weighted by molar-refractivity contribution is 9.10. The van der Waals surface area contributed by atoms with Crippen LogP contribution in [-0.2, 0) is 4.79 Å². The maximum absolute atomic E-state index is 11.9. The van der Waals surface area contributed by atoms with E-state index < -0.39 is 0 Å². The van der Waals surface area contributed by atoms with Crippen LogP contribution in [0.25, 0.3) is 0 Å². The van der Waals surface area contributed by atoms with E-state index in [0.717, 1.165) is 10.2 Å². The lowest BCUT2D eigenvalue weighted by molar-refractivity contribution is -0.131. The van der Waals surface area contributed by atoms with Crippen molar-refractivity contribution in [3.05, 3.63) is 41.4 Å². The molecule has 0 aliphatic carbocycles. The van der Waals surface area contributed by atoms with Crippen LogP contribution in [0.5, 0.6) is 5.75 Å². The SMILES string of the molecule is C=CCN(CCO)C(=O)CCCOc1ccc(Br)cc1. The Labute approximate surface area is 128 Å². The number of halogens is 1. The molecule has 20 heavy (non-hydrogen) atoms. The van der Waals surface area contributed by atoms with Crippen LogP contribution in [0, 0.1) is 0 Å². The van der Waals surface area contributed by atoms with Gasteiger partial charge < -0.3 is 14.7 Å². The third kappa shape index (κ3) is 6.21. The molecule has 1 aromatic carbocycles. The molecule has 0 saturated heterocycles. The van der Waals surface area contributed by atoms with Crippen molar-refractivity contribution < 1.29 is 14.6 Å². The Bertz CT molecular complexity index is 420. The fourth-order valence-corrected chi connectivity index (χ4v) is 1.96. The maximum Gasteiger partial charge on any atom is 0.223 e. The van der Waals surface area contributed by atoms with Crippen molar-refractivity contribution >= 4 is 21.8 Å². The van der Waals surface area contributed by atoms with Crippen LogP contribution in [0.15, 0.2) is 41.4 Å². The minimum atomic E-state index is -0.0328. The van der Waals surface area contributed by atoms with Gasteiger partial charge in [0.2, 0.25) is 5.91 Å². The minimum absolute atomic E-state index is 0.0124. The summed E-state index contributed by atoms with van der Waals surface area (Å²) >= 11 is 3.36. The van der Waals surface area contributed by atoms with Gasteiger partial charge in [-0.1, -0.05) is 22.0 Å². The van der Waals surface area contributed by atoms with Crippen molar-refractivity contribution in [2.45, 2.75) is 12.8 Å². The van der Waals surface area contributed by atoms with Crippen LogP contribution in [-0.4, -0.2) is 42.2 Å². The fourth-order valence-electron chi connectivity index (χ4n) is 1.70. The van der Waals surface area contributed by atoms with Crippen molar-refractivity contribution in [2.75, 3.05) is 26.3 Å². The molecule has 0 aromatic heterocycles. The summed E-state index contributed by atoms with van der Waals surface area (Å²) in [5.41, 5.74) is 0. The summed E-state index contributed by atoms with van der Waals surface area (Å²) < 4.78 is 6.55. The summed E-state index contributed by atoms with van der Waals surface area (Å²) in [6.07, 6.45) is 2.71. The number of benzene rings is 1. The van der Waals surface area contributed by atoms with Gasteiger partial charge in [-0.05, 0) is 30.7 Å². The zero-order chi connectivity index (χ0) is 14.8. The van der Waals surface area contributed by atoms with Crippen LogP contribution in [0.4, 0.5) is 0 Å². The molecule has 0 unspecified atom stereocenters. The van der Waals surface area contributed by atoms with Gasteiger partial charge in [0.1, 0.15) is 5.75 Å². The Hall–Kier alpha value is -1.33. The maximum atomic E-state index is 11.9. The third-order valence-corrected chi connectivity index (χ3v) is 3.22. The Kier molecular flexibility index (Phi) is 7.99. The van der Waals surface area contributed by atoms with Crippen LogP contribution in [0.1, 0.15) is 12.8 Å². The summed E-state index contributed by atoms with van der Waals surface area (Å²) in [5, 5.41) is 8.90. The minimum Gasteiger partial charge on any atom is -0.494 e. The van der Waals surface area contributed by atoms with E-state index in [-0.39, 0.29) is 12.5 Å². The summed E-state index contributed by atoms with van der Waals surface area (Å²) in [6, 6.07) is 7.57. The van der Waals surface area contributed by atoms with Gasteiger partial charge in [0.25, 0.3) is 0 Å². The van der Waals surface area contributed by atoms with Gasteiger partial charge >= 0.3 is 0 Å². The lowest BCUT2D eigenvalue weighted by Gasteiger charge is -2.19. The van der Waals surface area contributed by atoms with Crippen molar-refractivity contribution in [3.63, 3.8) is 0 Å². The van der Waals surface area contributed by atoms with Gasteiger partial charge in [0, 0.05) is 24.0 Å². The number of carbonyl (C=O) groups excluding carboxylic acids is 1. The van der Waals surface area contributed by atoms with Crippen LogP contribution in [0.3, 0.4) is 0 Å². The first-order chi connectivity index (χ1) is 9.67. The molecule has 1 N–H and O–H groups in total. The number of aliphatic hydroxyl groups excluding tert-OH is 1. The van der Waals surface area contributed by atoms with Crippen LogP contribution >= 0.6 is 15.9 Å². The molecule has 5 heteroatoms. The Balaban J connectivity index is 2.26. The van der Waals surface area contributed by atoms with Gasteiger partial charge in [0.15, 0.2) is 0 Å². The second-order valence-corrected chi connectivity index (χ2v) is 5.17. The second kappa shape index (κ2) is 9.55. The molecule has 1 rings (SSSR count). The number of nitrogens with zero attached hydrogens (tertiary/aromatic N) is 1. The molecule has 110 valence electrons. The monoisotopic (exact) mass is 341 g/mol. The number of hydrogen-bond donors (Lipinski definition) is 1. The van der Waals surface area contributed by atoms with E-state index in [1.165, 1.54) is 0 Å². The lowest BCUT2D eigenvalue weighted by atomic mass is 10.2. The molecule has 0 heterocycles. The quantitative estimate of drug-likeness (QED) is 0.554. The predicted octanol–water partition coefficient (Wildman–Crippen LogP) is 2.62. The van der Waals surface area contributed by atoms with E-state index in [1.807, 2.05) is 24.3 Å². The fraction of sp³-hybridized carbons (Fsp3) is 0.400. The molecule has 4 nitrogen and oxygen atoms in total. The highest BCUT2D eigenvalue weighted by atomic mass is 79.9. The first kappa shape index (κ1) is 16.7. The Morgan fingerprint density at radius 2 is 2.10 bits per heavy atom. The first-order valence-electron chi connectivity index (χ1n) is 6.55. The van der Waals surface area contributed by atoms with Crippen LogP contribution in [0.2, 0.25) is 0 Å². The predicted molar refractivity (Wildman–Crippen MR) is 82.7 cm³/mol. The molecular weight excluding hydrogens is 322 g/mol. The summed E-state index contributed by atoms with van der Waals surface area (Å²) in [4.78, 5) is 13.5. The second-order valence-electron chi connectivity index (χ2n) is 4.26. The van der Waals surface area contributed by atoms with Crippen molar-refractivity contribution in [1.82, 2.24) is 4.90 Å². The first-order valence-corrected chi connectivity index (χ1v) is 7.34. The van der Waals surface area contributed by atoms with Crippen molar-refractivity contribution in [1.29, 1.82) is 0 Å². The number of rotatable bonds is 9. The summed E-state index contributed by atoms with van der Waals surface area (Å²) in [7, 11) is 0. The molecular formula is C15H20BrNO3. The van der Waals surface area contributed by atoms with E-state index in [4.69, 9.17) is 9.84 Å². The molecule has 0 aliphatic rings. The lowest BCUT2D eigenvalue weighted by Crippen LogP contribution is -2.33. The smallest absolute Gasteiger partial charge is 0.223 e. The van der Waals surface area contributed by atoms with Gasteiger partial charge in [-0.25, -0.2) is 0 Å². The Morgan fingerprint density at radius 1 is 1.40 bits per heavy atom. The normalized spacial score (nSPS) is 10.1. The standard InChI is InChI=1S/C15H20BrNO3/c1-2-9-17(10-11-18)15(19)4-3-12-20-14-7-5-13(16)6-8-14/h2,5-8,18H,1,3-4,9-12H2. The van der Waals surface area contributed by atoms with E-state index in [1.54, 1.807) is 11.0 Å². The van der Waals surface area contributed by atoms with Crippen molar-refractivity contribution in [2.24, 2.45) is 0 Å². The topological polar surface area (TPSA) is 49.8 Å². The van der Waals surface area contributed by atoms with Gasteiger partial charge in [0.05, 0.1) is 13.2 Å². The number of amides is 1. The summed E-state index contributed by atoms with van der Waals surface area (Å²) in [6.45, 7) is 4.88. The number of aliphatic hydroxyl groups is 1. The molecule has 0 saturated carbocycles. The van der Waals surface area contributed by atoms with E-state index in [2.05, 4.69) is 22.5 Å². The van der Waals surface area contributed by atoms with E-state index in [9.17, 15) is 4.79 Å². The molecule has 0 aliphatic heterocycles. The average Bonchev–Trinajstić information content (AvgIpc) is 2.45. The largest absolute Gasteiger partial charge is 0.494 e. The molecule has 1 amide bonds.